The Balaban J connectivity index is 2.05. The van der Waals surface area contributed by atoms with Crippen LogP contribution in [0.4, 0.5) is 9.18 Å². The third-order valence-electron chi connectivity index (χ3n) is 4.07. The first-order valence-electron chi connectivity index (χ1n) is 8.28. The number of hydrogen-bond donors (Lipinski definition) is 2. The van der Waals surface area contributed by atoms with E-state index in [4.69, 9.17) is 10.5 Å². The van der Waals surface area contributed by atoms with Crippen molar-refractivity contribution in [2.24, 2.45) is 5.73 Å². The Morgan fingerprint density at radius 3 is 2.62 bits per heavy atom. The zero-order chi connectivity index (χ0) is 17.9. The van der Waals surface area contributed by atoms with Crippen molar-refractivity contribution in [1.82, 2.24) is 4.90 Å². The first kappa shape index (κ1) is 18.7. The Morgan fingerprint density at radius 1 is 1.42 bits per heavy atom. The molecule has 4 atom stereocenters. The first-order valence-corrected chi connectivity index (χ1v) is 8.28. The number of alkyl halides is 1. The zero-order valence-corrected chi connectivity index (χ0v) is 14.5. The summed E-state index contributed by atoms with van der Waals surface area (Å²) in [5, 5.41) is 10.6. The highest BCUT2D eigenvalue weighted by Gasteiger charge is 2.43. The Hall–Kier alpha value is -1.66. The van der Waals surface area contributed by atoms with Crippen molar-refractivity contribution in [3.05, 3.63) is 35.9 Å². The van der Waals surface area contributed by atoms with Crippen molar-refractivity contribution in [1.29, 1.82) is 0 Å². The second-order valence-electron chi connectivity index (χ2n) is 7.38. The van der Waals surface area contributed by atoms with E-state index in [0.29, 0.717) is 6.42 Å². The van der Waals surface area contributed by atoms with Crippen LogP contribution in [0.15, 0.2) is 30.3 Å². The minimum absolute atomic E-state index is 0.0723. The Labute approximate surface area is 142 Å². The SMILES string of the molecule is CC(C)(C)OC(=O)N1C[C@@H](F)C[C@@H]1[C@H](O)[C@@H](N)Cc1ccccc1. The molecule has 0 bridgehead atoms. The molecule has 0 aromatic heterocycles. The average Bonchev–Trinajstić information content (AvgIpc) is 2.88. The van der Waals surface area contributed by atoms with E-state index in [0.717, 1.165) is 5.56 Å². The molecule has 24 heavy (non-hydrogen) atoms. The van der Waals surface area contributed by atoms with Gasteiger partial charge in [0.05, 0.1) is 18.7 Å². The van der Waals surface area contributed by atoms with Gasteiger partial charge in [-0.1, -0.05) is 30.3 Å². The van der Waals surface area contributed by atoms with Gasteiger partial charge in [-0.3, -0.25) is 4.90 Å². The number of nitrogens with two attached hydrogens (primary N) is 1. The summed E-state index contributed by atoms with van der Waals surface area (Å²) in [7, 11) is 0. The fourth-order valence-corrected chi connectivity index (χ4v) is 2.96. The van der Waals surface area contributed by atoms with Crippen molar-refractivity contribution in [2.75, 3.05) is 6.54 Å². The van der Waals surface area contributed by atoms with Gasteiger partial charge in [-0.05, 0) is 32.8 Å². The molecule has 134 valence electrons. The van der Waals surface area contributed by atoms with Crippen LogP contribution in [-0.2, 0) is 11.2 Å². The molecule has 0 saturated carbocycles. The van der Waals surface area contributed by atoms with Gasteiger partial charge in [-0.15, -0.1) is 0 Å². The van der Waals surface area contributed by atoms with Gasteiger partial charge in [0.2, 0.25) is 0 Å². The standard InChI is InChI=1S/C18H27FN2O3/c1-18(2,3)24-17(23)21-11-13(19)10-15(21)16(22)14(20)9-12-7-5-4-6-8-12/h4-8,13-16,22H,9-11,20H2,1-3H3/t13-,14-,15+,16+/m0/s1. The van der Waals surface area contributed by atoms with Gasteiger partial charge in [0.25, 0.3) is 0 Å². The van der Waals surface area contributed by atoms with E-state index in [1.165, 1.54) is 4.90 Å². The maximum Gasteiger partial charge on any atom is 0.410 e. The van der Waals surface area contributed by atoms with Crippen molar-refractivity contribution in [3.8, 4) is 0 Å². The van der Waals surface area contributed by atoms with Gasteiger partial charge in [-0.25, -0.2) is 9.18 Å². The van der Waals surface area contributed by atoms with Crippen LogP contribution < -0.4 is 5.73 Å². The van der Waals surface area contributed by atoms with Crippen molar-refractivity contribution >= 4 is 6.09 Å². The van der Waals surface area contributed by atoms with E-state index in [-0.39, 0.29) is 13.0 Å². The van der Waals surface area contributed by atoms with Crippen LogP contribution in [-0.4, -0.2) is 52.6 Å². The fraction of sp³-hybridized carbons (Fsp3) is 0.611. The molecule has 0 radical (unpaired) electrons. The monoisotopic (exact) mass is 338 g/mol. The van der Waals surface area contributed by atoms with E-state index in [2.05, 4.69) is 0 Å². The summed E-state index contributed by atoms with van der Waals surface area (Å²) in [5.41, 5.74) is 6.43. The number of carbonyl (C=O) groups excluding carboxylic acids is 1. The molecule has 6 heteroatoms. The van der Waals surface area contributed by atoms with Crippen LogP contribution in [0.5, 0.6) is 0 Å². The maximum atomic E-state index is 13.9. The van der Waals surface area contributed by atoms with Crippen molar-refractivity contribution < 1.29 is 19.0 Å². The molecule has 1 saturated heterocycles. The lowest BCUT2D eigenvalue weighted by atomic mass is 9.95. The number of likely N-dealkylation sites (tertiary alicyclic amines) is 1. The number of rotatable bonds is 4. The molecule has 1 aliphatic heterocycles. The number of nitrogens with zero attached hydrogens (tertiary/aromatic N) is 1. The highest BCUT2D eigenvalue weighted by Crippen LogP contribution is 2.27. The predicted molar refractivity (Wildman–Crippen MR) is 90.4 cm³/mol. The minimum Gasteiger partial charge on any atom is -0.444 e. The predicted octanol–water partition coefficient (Wildman–Crippen LogP) is 2.26. The molecule has 0 aliphatic carbocycles. The molecule has 3 N–H and O–H groups in total. The van der Waals surface area contributed by atoms with Gasteiger partial charge in [-0.2, -0.15) is 0 Å². The van der Waals surface area contributed by atoms with E-state index in [9.17, 15) is 14.3 Å². The minimum atomic E-state index is -1.18. The molecule has 1 aliphatic rings. The van der Waals surface area contributed by atoms with Crippen LogP contribution in [0, 0.1) is 0 Å². The second-order valence-corrected chi connectivity index (χ2v) is 7.38. The van der Waals surface area contributed by atoms with Gasteiger partial charge in [0.1, 0.15) is 11.8 Å². The van der Waals surface area contributed by atoms with Crippen LogP contribution in [0.1, 0.15) is 32.8 Å². The highest BCUT2D eigenvalue weighted by molar-refractivity contribution is 5.69. The van der Waals surface area contributed by atoms with Crippen LogP contribution in [0.3, 0.4) is 0 Å². The largest absolute Gasteiger partial charge is 0.444 e. The summed E-state index contributed by atoms with van der Waals surface area (Å²) in [6.07, 6.45) is -2.28. The van der Waals surface area contributed by atoms with E-state index in [1.807, 2.05) is 30.3 Å². The molecule has 1 amide bonds. The maximum absolute atomic E-state index is 13.9. The van der Waals surface area contributed by atoms with Crippen molar-refractivity contribution in [2.45, 2.75) is 63.6 Å². The number of aliphatic hydroxyl groups excluding tert-OH is 1. The molecule has 1 heterocycles. The molecule has 0 unspecified atom stereocenters. The van der Waals surface area contributed by atoms with Gasteiger partial charge >= 0.3 is 6.09 Å². The summed E-state index contributed by atoms with van der Waals surface area (Å²) in [6, 6.07) is 8.28. The number of carbonyl (C=O) groups is 1. The lowest BCUT2D eigenvalue weighted by Crippen LogP contribution is -2.52. The molecular weight excluding hydrogens is 311 g/mol. The van der Waals surface area contributed by atoms with Crippen LogP contribution >= 0.6 is 0 Å². The summed E-state index contributed by atoms with van der Waals surface area (Å²) in [6.45, 7) is 5.18. The molecule has 5 nitrogen and oxygen atoms in total. The number of benzene rings is 1. The third kappa shape index (κ3) is 4.92. The first-order chi connectivity index (χ1) is 11.2. The topological polar surface area (TPSA) is 75.8 Å². The quantitative estimate of drug-likeness (QED) is 0.883. The second kappa shape index (κ2) is 7.49. The molecule has 1 fully saturated rings. The smallest absolute Gasteiger partial charge is 0.410 e. The molecule has 0 spiro atoms. The van der Waals surface area contributed by atoms with Crippen molar-refractivity contribution in [3.63, 3.8) is 0 Å². The zero-order valence-electron chi connectivity index (χ0n) is 14.5. The van der Waals surface area contributed by atoms with Gasteiger partial charge < -0.3 is 15.6 Å². The number of hydrogen-bond acceptors (Lipinski definition) is 4. The fourth-order valence-electron chi connectivity index (χ4n) is 2.96. The number of ether oxygens (including phenoxy) is 1. The molecule has 2 rings (SSSR count). The van der Waals surface area contributed by atoms with E-state index >= 15 is 0 Å². The lowest BCUT2D eigenvalue weighted by molar-refractivity contribution is 0.000710. The average molecular weight is 338 g/mol. The van der Waals surface area contributed by atoms with E-state index < -0.39 is 36.1 Å². The normalized spacial score (nSPS) is 23.8. The summed E-state index contributed by atoms with van der Waals surface area (Å²) < 4.78 is 19.2. The Kier molecular flexibility index (Phi) is 5.83. The Bertz CT molecular complexity index is 547. The number of aliphatic hydroxyl groups is 1. The molecular formula is C18H27FN2O3. The summed E-state index contributed by atoms with van der Waals surface area (Å²) in [5.74, 6) is 0. The number of amides is 1. The summed E-state index contributed by atoms with van der Waals surface area (Å²) in [4.78, 5) is 13.6. The Morgan fingerprint density at radius 2 is 2.04 bits per heavy atom. The van der Waals surface area contributed by atoms with Gasteiger partial charge in [0, 0.05) is 12.5 Å². The summed E-state index contributed by atoms with van der Waals surface area (Å²) >= 11 is 0. The van der Waals surface area contributed by atoms with Crippen LogP contribution in [0.2, 0.25) is 0 Å². The highest BCUT2D eigenvalue weighted by atomic mass is 19.1. The molecule has 1 aromatic rings. The third-order valence-corrected chi connectivity index (χ3v) is 4.07. The molecule has 1 aromatic carbocycles. The van der Waals surface area contributed by atoms with Gasteiger partial charge in [0.15, 0.2) is 0 Å². The van der Waals surface area contributed by atoms with E-state index in [1.54, 1.807) is 20.8 Å². The van der Waals surface area contributed by atoms with Crippen LogP contribution in [0.25, 0.3) is 0 Å². The number of halogens is 1. The lowest BCUT2D eigenvalue weighted by Gasteiger charge is -2.33.